The van der Waals surface area contributed by atoms with Crippen LogP contribution < -0.4 is 4.74 Å². The molecule has 0 amide bonds. The third-order valence-electron chi connectivity index (χ3n) is 3.66. The molecule has 134 valence electrons. The third kappa shape index (κ3) is 3.21. The van der Waals surface area contributed by atoms with E-state index in [1.165, 1.54) is 12.4 Å². The Balaban J connectivity index is 0.000000158. The highest BCUT2D eigenvalue weighted by molar-refractivity contribution is 6.02. The Morgan fingerprint density at radius 1 is 1.35 bits per heavy atom. The number of carbonyl (C=O) groups is 2. The van der Waals surface area contributed by atoms with Crippen LogP contribution in [-0.4, -0.2) is 40.0 Å². The Hall–Kier alpha value is -3.42. The van der Waals surface area contributed by atoms with Crippen molar-refractivity contribution < 1.29 is 28.6 Å². The predicted molar refractivity (Wildman–Crippen MR) is 90.4 cm³/mol. The van der Waals surface area contributed by atoms with E-state index >= 15 is 0 Å². The number of nitrogens with zero attached hydrogens (tertiary/aromatic N) is 2. The lowest BCUT2D eigenvalue weighted by atomic mass is 10.2. The normalized spacial score (nSPS) is 12.2. The standard InChI is InChI=1S/C10H9NO4.C8H7NO2/c1-2-14-10(13)9-8(12)6-3-4-11-5-7(6)15-9;1-5-8-6(2-3-9-5)7(10)4-11-8/h3-5,12H,2H2,1H3;2-3H,4H2,1H3. The number of Topliss-reactive ketones (excluding diaryl/α,β-unsaturated/α-hetero) is 1. The van der Waals surface area contributed by atoms with Gasteiger partial charge in [0.2, 0.25) is 5.78 Å². The molecule has 0 saturated heterocycles. The van der Waals surface area contributed by atoms with Crippen LogP contribution in [-0.2, 0) is 4.74 Å². The Morgan fingerprint density at radius 3 is 2.85 bits per heavy atom. The number of fused-ring (bicyclic) bond motifs is 2. The minimum atomic E-state index is -0.675. The Morgan fingerprint density at radius 2 is 2.15 bits per heavy atom. The number of furan rings is 1. The fourth-order valence-corrected chi connectivity index (χ4v) is 2.44. The van der Waals surface area contributed by atoms with E-state index in [-0.39, 0.29) is 30.5 Å². The summed E-state index contributed by atoms with van der Waals surface area (Å²) in [7, 11) is 0. The summed E-state index contributed by atoms with van der Waals surface area (Å²) >= 11 is 0. The molecule has 1 N–H and O–H groups in total. The molecule has 8 heteroatoms. The maximum Gasteiger partial charge on any atom is 0.378 e. The first-order valence-corrected chi connectivity index (χ1v) is 7.87. The monoisotopic (exact) mass is 356 g/mol. The van der Waals surface area contributed by atoms with Gasteiger partial charge in [-0.05, 0) is 26.0 Å². The first kappa shape index (κ1) is 17.4. The van der Waals surface area contributed by atoms with Crippen LogP contribution in [0.3, 0.4) is 0 Å². The molecule has 1 aliphatic rings. The van der Waals surface area contributed by atoms with Gasteiger partial charge in [0, 0.05) is 12.4 Å². The number of ether oxygens (including phenoxy) is 2. The van der Waals surface area contributed by atoms with Crippen molar-refractivity contribution in [3.63, 3.8) is 0 Å². The highest BCUT2D eigenvalue weighted by atomic mass is 16.5. The number of rotatable bonds is 2. The number of pyridine rings is 2. The maximum atomic E-state index is 11.3. The minimum Gasteiger partial charge on any atom is -0.504 e. The van der Waals surface area contributed by atoms with E-state index in [9.17, 15) is 14.7 Å². The SMILES string of the molecule is CCOC(=O)c1oc2cnccc2c1O.Cc1nccc2c1OCC2=O. The molecule has 0 aliphatic carbocycles. The zero-order chi connectivity index (χ0) is 18.7. The van der Waals surface area contributed by atoms with Crippen LogP contribution >= 0.6 is 0 Å². The molecule has 4 rings (SSSR count). The summed E-state index contributed by atoms with van der Waals surface area (Å²) in [4.78, 5) is 30.2. The Labute approximate surface area is 148 Å². The highest BCUT2D eigenvalue weighted by Gasteiger charge is 2.22. The molecule has 0 fully saturated rings. The van der Waals surface area contributed by atoms with Gasteiger partial charge >= 0.3 is 5.97 Å². The van der Waals surface area contributed by atoms with Gasteiger partial charge in [-0.25, -0.2) is 4.79 Å². The molecule has 3 aromatic heterocycles. The highest BCUT2D eigenvalue weighted by Crippen LogP contribution is 2.31. The summed E-state index contributed by atoms with van der Waals surface area (Å²) in [6.07, 6.45) is 4.56. The molecule has 4 heterocycles. The number of hydrogen-bond acceptors (Lipinski definition) is 8. The largest absolute Gasteiger partial charge is 0.504 e. The van der Waals surface area contributed by atoms with Crippen molar-refractivity contribution in [2.75, 3.05) is 13.2 Å². The zero-order valence-electron chi connectivity index (χ0n) is 14.2. The van der Waals surface area contributed by atoms with Crippen LogP contribution in [0.4, 0.5) is 0 Å². The summed E-state index contributed by atoms with van der Waals surface area (Å²) in [6.45, 7) is 3.91. The Kier molecular flexibility index (Phi) is 4.83. The minimum absolute atomic E-state index is 0.0468. The molecular formula is C18H16N2O6. The van der Waals surface area contributed by atoms with Crippen molar-refractivity contribution in [3.8, 4) is 11.5 Å². The first-order chi connectivity index (χ1) is 12.5. The first-order valence-electron chi connectivity index (χ1n) is 7.87. The summed E-state index contributed by atoms with van der Waals surface area (Å²) in [5, 5.41) is 10.1. The molecule has 0 saturated carbocycles. The summed E-state index contributed by atoms with van der Waals surface area (Å²) in [5.41, 5.74) is 1.81. The second kappa shape index (κ2) is 7.22. The van der Waals surface area contributed by atoms with Gasteiger partial charge in [0.15, 0.2) is 23.7 Å². The molecule has 0 aromatic carbocycles. The van der Waals surface area contributed by atoms with Crippen molar-refractivity contribution in [2.45, 2.75) is 13.8 Å². The fourth-order valence-electron chi connectivity index (χ4n) is 2.44. The van der Waals surface area contributed by atoms with Crippen LogP contribution in [0, 0.1) is 6.92 Å². The third-order valence-corrected chi connectivity index (χ3v) is 3.66. The lowest BCUT2D eigenvalue weighted by Crippen LogP contribution is -2.02. The summed E-state index contributed by atoms with van der Waals surface area (Å²) in [5.74, 6) is -0.361. The maximum absolute atomic E-state index is 11.3. The van der Waals surface area contributed by atoms with Crippen LogP contribution in [0.2, 0.25) is 0 Å². The smallest absolute Gasteiger partial charge is 0.378 e. The molecule has 0 bridgehead atoms. The molecule has 0 atom stereocenters. The van der Waals surface area contributed by atoms with Crippen LogP contribution in [0.15, 0.2) is 35.1 Å². The van der Waals surface area contributed by atoms with Gasteiger partial charge in [0.05, 0.1) is 29.4 Å². The second-order valence-corrected chi connectivity index (χ2v) is 5.36. The van der Waals surface area contributed by atoms with E-state index < -0.39 is 5.97 Å². The zero-order valence-corrected chi connectivity index (χ0v) is 14.2. The van der Waals surface area contributed by atoms with E-state index in [2.05, 4.69) is 9.97 Å². The number of esters is 1. The Bertz CT molecular complexity index is 979. The van der Waals surface area contributed by atoms with Crippen molar-refractivity contribution in [1.29, 1.82) is 0 Å². The quantitative estimate of drug-likeness (QED) is 0.698. The molecule has 0 unspecified atom stereocenters. The number of carbonyl (C=O) groups excluding carboxylic acids is 2. The number of hydrogen-bond donors (Lipinski definition) is 1. The van der Waals surface area contributed by atoms with Crippen molar-refractivity contribution in [2.24, 2.45) is 0 Å². The molecule has 3 aromatic rings. The number of ketones is 1. The van der Waals surface area contributed by atoms with Crippen molar-refractivity contribution in [3.05, 3.63) is 47.7 Å². The van der Waals surface area contributed by atoms with E-state index in [4.69, 9.17) is 13.9 Å². The van der Waals surface area contributed by atoms with Gasteiger partial charge in [0.1, 0.15) is 0 Å². The molecule has 0 spiro atoms. The predicted octanol–water partition coefficient (Wildman–Crippen LogP) is 2.68. The van der Waals surface area contributed by atoms with Gasteiger partial charge in [0.25, 0.3) is 5.76 Å². The van der Waals surface area contributed by atoms with Gasteiger partial charge in [-0.3, -0.25) is 14.8 Å². The van der Waals surface area contributed by atoms with E-state index in [1.54, 1.807) is 25.3 Å². The second-order valence-electron chi connectivity index (χ2n) is 5.36. The van der Waals surface area contributed by atoms with Gasteiger partial charge in [-0.1, -0.05) is 0 Å². The average molecular weight is 356 g/mol. The summed E-state index contributed by atoms with van der Waals surface area (Å²) in [6, 6.07) is 3.26. The van der Waals surface area contributed by atoms with E-state index in [0.29, 0.717) is 22.3 Å². The van der Waals surface area contributed by atoms with Crippen LogP contribution in [0.25, 0.3) is 11.0 Å². The van der Waals surface area contributed by atoms with Crippen LogP contribution in [0.5, 0.6) is 11.5 Å². The van der Waals surface area contributed by atoms with Gasteiger partial charge < -0.3 is 19.0 Å². The number of aromatic hydroxyl groups is 1. The number of aromatic nitrogens is 2. The molecule has 8 nitrogen and oxygen atoms in total. The van der Waals surface area contributed by atoms with Crippen molar-refractivity contribution in [1.82, 2.24) is 9.97 Å². The van der Waals surface area contributed by atoms with Crippen molar-refractivity contribution >= 4 is 22.7 Å². The molecule has 0 radical (unpaired) electrons. The van der Waals surface area contributed by atoms with Gasteiger partial charge in [-0.2, -0.15) is 0 Å². The lowest BCUT2D eigenvalue weighted by molar-refractivity contribution is 0.0488. The number of aryl methyl sites for hydroxylation is 1. The fraction of sp³-hybridized carbons (Fsp3) is 0.222. The van der Waals surface area contributed by atoms with E-state index in [1.807, 2.05) is 6.92 Å². The van der Waals surface area contributed by atoms with Gasteiger partial charge in [-0.15, -0.1) is 0 Å². The van der Waals surface area contributed by atoms with Crippen LogP contribution in [0.1, 0.15) is 33.5 Å². The molecule has 1 aliphatic heterocycles. The molecular weight excluding hydrogens is 340 g/mol. The summed E-state index contributed by atoms with van der Waals surface area (Å²) < 4.78 is 15.0. The lowest BCUT2D eigenvalue weighted by Gasteiger charge is -1.98. The van der Waals surface area contributed by atoms with E-state index in [0.717, 1.165) is 5.69 Å². The topological polar surface area (TPSA) is 112 Å². The average Bonchev–Trinajstić information content (AvgIpc) is 3.18. The molecule has 26 heavy (non-hydrogen) atoms.